The maximum absolute atomic E-state index is 10.9. The summed E-state index contributed by atoms with van der Waals surface area (Å²) in [6, 6.07) is 0.100. The molecule has 1 aliphatic rings. The molecule has 2 atom stereocenters. The molecule has 1 N–H and O–H groups in total. The summed E-state index contributed by atoms with van der Waals surface area (Å²) in [4.78, 5) is 10.9. The number of nitrogens with one attached hydrogen (secondary N) is 1. The predicted molar refractivity (Wildman–Crippen MR) is 70.0 cm³/mol. The molecule has 3 nitrogen and oxygen atoms in total. The summed E-state index contributed by atoms with van der Waals surface area (Å²) in [6.07, 6.45) is 12.8. The van der Waals surface area contributed by atoms with Gasteiger partial charge in [-0.05, 0) is 25.8 Å². The van der Waals surface area contributed by atoms with Crippen molar-refractivity contribution in [1.82, 2.24) is 5.32 Å². The number of hydrogen-bond donors (Lipinski definition) is 1. The Morgan fingerprint density at radius 2 is 1.94 bits per heavy atom. The van der Waals surface area contributed by atoms with Crippen molar-refractivity contribution in [2.75, 3.05) is 0 Å². The number of carbonyl (C=O) groups excluding carboxylic acids is 1. The summed E-state index contributed by atoms with van der Waals surface area (Å²) in [5, 5.41) is 2.73. The van der Waals surface area contributed by atoms with Crippen molar-refractivity contribution in [3.8, 4) is 0 Å². The third-order valence-corrected chi connectivity index (χ3v) is 3.13. The summed E-state index contributed by atoms with van der Waals surface area (Å²) >= 11 is 0. The number of amides is 1. The Morgan fingerprint density at radius 3 is 2.59 bits per heavy atom. The highest BCUT2D eigenvalue weighted by Crippen LogP contribution is 2.11. The lowest BCUT2D eigenvalue weighted by molar-refractivity contribution is 0.154. The van der Waals surface area contributed by atoms with E-state index >= 15 is 0 Å². The van der Waals surface area contributed by atoms with Crippen molar-refractivity contribution in [1.29, 1.82) is 0 Å². The van der Waals surface area contributed by atoms with E-state index in [2.05, 4.69) is 18.3 Å². The second kappa shape index (κ2) is 8.15. The topological polar surface area (TPSA) is 38.3 Å². The maximum Gasteiger partial charge on any atom is 0.408 e. The molecular weight excluding hydrogens is 214 g/mol. The van der Waals surface area contributed by atoms with E-state index in [4.69, 9.17) is 4.74 Å². The molecule has 1 amide bonds. The van der Waals surface area contributed by atoms with Gasteiger partial charge in [0.2, 0.25) is 0 Å². The molecule has 0 spiro atoms. The van der Waals surface area contributed by atoms with E-state index < -0.39 is 0 Å². The molecule has 1 rings (SSSR count). The summed E-state index contributed by atoms with van der Waals surface area (Å²) in [7, 11) is 0. The van der Waals surface area contributed by atoms with Crippen LogP contribution in [-0.2, 0) is 4.74 Å². The van der Waals surface area contributed by atoms with Gasteiger partial charge >= 0.3 is 6.09 Å². The molecule has 17 heavy (non-hydrogen) atoms. The number of unbranched alkanes of at least 4 members (excludes halogenated alkanes) is 6. The lowest BCUT2D eigenvalue weighted by atomic mass is 10.1. The van der Waals surface area contributed by atoms with Gasteiger partial charge in [-0.25, -0.2) is 4.79 Å². The molecule has 0 aromatic carbocycles. The molecule has 1 saturated heterocycles. The maximum atomic E-state index is 10.9. The van der Waals surface area contributed by atoms with Crippen molar-refractivity contribution < 1.29 is 9.53 Å². The Morgan fingerprint density at radius 1 is 1.24 bits per heavy atom. The van der Waals surface area contributed by atoms with Crippen molar-refractivity contribution >= 4 is 6.09 Å². The minimum atomic E-state index is -0.299. The predicted octanol–water partition coefficient (Wildman–Crippen LogP) is 3.79. The minimum absolute atomic E-state index is 0.0809. The first-order chi connectivity index (χ1) is 8.24. The van der Waals surface area contributed by atoms with Gasteiger partial charge in [0.25, 0.3) is 0 Å². The second-order valence-corrected chi connectivity index (χ2v) is 4.79. The normalized spacial score (nSPS) is 24.0. The van der Waals surface area contributed by atoms with Crippen LogP contribution in [0, 0.1) is 0 Å². The molecule has 0 unspecified atom stereocenters. The number of alkyl carbamates (subject to hydrolysis) is 1. The van der Waals surface area contributed by atoms with E-state index in [0.29, 0.717) is 0 Å². The van der Waals surface area contributed by atoms with Gasteiger partial charge in [-0.15, -0.1) is 0 Å². The average Bonchev–Trinajstić information content (AvgIpc) is 2.61. The molecule has 3 heteroatoms. The number of ether oxygens (including phenoxy) is 1. The van der Waals surface area contributed by atoms with Gasteiger partial charge in [0.05, 0.1) is 6.04 Å². The van der Waals surface area contributed by atoms with Gasteiger partial charge in [0.15, 0.2) is 0 Å². The van der Waals surface area contributed by atoms with E-state index in [-0.39, 0.29) is 18.2 Å². The van der Waals surface area contributed by atoms with Crippen LogP contribution in [0.15, 0.2) is 12.2 Å². The highest BCUT2D eigenvalue weighted by Gasteiger charge is 2.27. The number of hydrogen-bond acceptors (Lipinski definition) is 2. The molecule has 1 fully saturated rings. The van der Waals surface area contributed by atoms with E-state index in [1.165, 1.54) is 38.5 Å². The fourth-order valence-electron chi connectivity index (χ4n) is 2.01. The van der Waals surface area contributed by atoms with Gasteiger partial charge in [0.1, 0.15) is 6.10 Å². The average molecular weight is 239 g/mol. The van der Waals surface area contributed by atoms with Crippen LogP contribution in [0.3, 0.4) is 0 Å². The molecule has 1 heterocycles. The Kier molecular flexibility index (Phi) is 6.75. The minimum Gasteiger partial charge on any atom is -0.440 e. The molecule has 0 radical (unpaired) electrons. The van der Waals surface area contributed by atoms with Gasteiger partial charge < -0.3 is 10.1 Å². The molecule has 1 aliphatic heterocycles. The van der Waals surface area contributed by atoms with Crippen LogP contribution < -0.4 is 5.32 Å². The highest BCUT2D eigenvalue weighted by atomic mass is 16.6. The summed E-state index contributed by atoms with van der Waals surface area (Å²) in [6.45, 7) is 4.20. The van der Waals surface area contributed by atoms with Gasteiger partial charge in [0, 0.05) is 0 Å². The van der Waals surface area contributed by atoms with Crippen LogP contribution in [-0.4, -0.2) is 18.2 Å². The zero-order valence-corrected chi connectivity index (χ0v) is 11.1. The summed E-state index contributed by atoms with van der Waals surface area (Å²) < 4.78 is 5.10. The highest BCUT2D eigenvalue weighted by molar-refractivity contribution is 5.70. The lowest BCUT2D eigenvalue weighted by Crippen LogP contribution is -2.26. The van der Waals surface area contributed by atoms with Crippen LogP contribution in [0.5, 0.6) is 0 Å². The summed E-state index contributed by atoms with van der Waals surface area (Å²) in [5.41, 5.74) is 0. The zero-order chi connectivity index (χ0) is 12.5. The van der Waals surface area contributed by atoms with Crippen molar-refractivity contribution in [2.45, 2.75) is 70.9 Å². The van der Waals surface area contributed by atoms with Crippen LogP contribution in [0.2, 0.25) is 0 Å². The van der Waals surface area contributed by atoms with E-state index in [1.54, 1.807) is 0 Å². The number of carbonyl (C=O) groups is 1. The molecule has 0 aromatic heterocycles. The monoisotopic (exact) mass is 239 g/mol. The number of cyclic esters (lactones) is 1. The Bertz CT molecular complexity index is 251. The fourth-order valence-corrected chi connectivity index (χ4v) is 2.01. The van der Waals surface area contributed by atoms with E-state index in [9.17, 15) is 4.79 Å². The Labute approximate surface area is 105 Å². The van der Waals surface area contributed by atoms with Crippen LogP contribution >= 0.6 is 0 Å². The first kappa shape index (κ1) is 14.1. The molecule has 0 bridgehead atoms. The Hall–Kier alpha value is -0.990. The third kappa shape index (κ3) is 5.76. The van der Waals surface area contributed by atoms with E-state index in [0.717, 1.165) is 6.42 Å². The van der Waals surface area contributed by atoms with Gasteiger partial charge in [-0.1, -0.05) is 45.1 Å². The standard InChI is InChI=1S/C14H25NO2/c1-3-4-5-6-7-8-9-10-11-13-12(2)15-14(16)17-13/h10-13H,3-9H2,1-2H3,(H,15,16)/b11-10+/t12-,13-/m0/s1. The SMILES string of the molecule is CCCCCCCC/C=C/[C@@H]1OC(=O)N[C@H]1C. The van der Waals surface area contributed by atoms with Crippen molar-refractivity contribution in [3.05, 3.63) is 12.2 Å². The largest absolute Gasteiger partial charge is 0.440 e. The zero-order valence-electron chi connectivity index (χ0n) is 11.1. The summed E-state index contributed by atoms with van der Waals surface area (Å²) in [5.74, 6) is 0. The molecular formula is C14H25NO2. The Balaban J connectivity index is 2.00. The number of allylic oxidation sites excluding steroid dienone is 1. The lowest BCUT2D eigenvalue weighted by Gasteiger charge is -2.06. The third-order valence-electron chi connectivity index (χ3n) is 3.13. The molecule has 0 aromatic rings. The molecule has 0 saturated carbocycles. The number of rotatable bonds is 8. The first-order valence-electron chi connectivity index (χ1n) is 6.88. The van der Waals surface area contributed by atoms with Crippen LogP contribution in [0.1, 0.15) is 58.8 Å². The van der Waals surface area contributed by atoms with Crippen LogP contribution in [0.4, 0.5) is 4.79 Å². The molecule has 0 aliphatic carbocycles. The van der Waals surface area contributed by atoms with Gasteiger partial charge in [-0.3, -0.25) is 0 Å². The second-order valence-electron chi connectivity index (χ2n) is 4.79. The van der Waals surface area contributed by atoms with E-state index in [1.807, 2.05) is 13.0 Å². The van der Waals surface area contributed by atoms with Gasteiger partial charge in [-0.2, -0.15) is 0 Å². The quantitative estimate of drug-likeness (QED) is 0.517. The smallest absolute Gasteiger partial charge is 0.408 e. The van der Waals surface area contributed by atoms with Crippen molar-refractivity contribution in [3.63, 3.8) is 0 Å². The first-order valence-corrected chi connectivity index (χ1v) is 6.88. The fraction of sp³-hybridized carbons (Fsp3) is 0.786. The van der Waals surface area contributed by atoms with Crippen molar-refractivity contribution in [2.24, 2.45) is 0 Å². The van der Waals surface area contributed by atoms with Crippen LogP contribution in [0.25, 0.3) is 0 Å². The molecule has 98 valence electrons.